The van der Waals surface area contributed by atoms with Gasteiger partial charge in [0.25, 0.3) is 0 Å². The van der Waals surface area contributed by atoms with Gasteiger partial charge in [-0.1, -0.05) is 48.0 Å². The van der Waals surface area contributed by atoms with E-state index in [9.17, 15) is 5.11 Å². The summed E-state index contributed by atoms with van der Waals surface area (Å²) in [6, 6.07) is 0. The van der Waals surface area contributed by atoms with Gasteiger partial charge in [-0.15, -0.1) is 0 Å². The van der Waals surface area contributed by atoms with E-state index in [1.807, 2.05) is 0 Å². The Kier molecular flexibility index (Phi) is 5.73. The first-order valence-electron chi connectivity index (χ1n) is 5.97. The van der Waals surface area contributed by atoms with Gasteiger partial charge >= 0.3 is 0 Å². The maximum atomic E-state index is 9.98. The molecule has 0 aliphatic carbocycles. The van der Waals surface area contributed by atoms with Crippen molar-refractivity contribution < 1.29 is 5.11 Å². The molecule has 0 amide bonds. The molecule has 3 atom stereocenters. The second kappa shape index (κ2) is 5.75. The van der Waals surface area contributed by atoms with Crippen molar-refractivity contribution >= 4 is 0 Å². The average molecular weight is 200 g/mol. The Balaban J connectivity index is 3.99. The molecule has 86 valence electrons. The highest BCUT2D eigenvalue weighted by molar-refractivity contribution is 4.75. The summed E-state index contributed by atoms with van der Waals surface area (Å²) >= 11 is 0. The molecule has 14 heavy (non-hydrogen) atoms. The molecule has 1 nitrogen and oxygen atoms in total. The topological polar surface area (TPSA) is 20.2 Å². The molecule has 0 aromatic heterocycles. The van der Waals surface area contributed by atoms with Gasteiger partial charge in [-0.25, -0.2) is 0 Å². The third-order valence-corrected chi connectivity index (χ3v) is 3.47. The van der Waals surface area contributed by atoms with E-state index >= 15 is 0 Å². The highest BCUT2D eigenvalue weighted by Gasteiger charge is 2.24. The van der Waals surface area contributed by atoms with Crippen LogP contribution in [0.2, 0.25) is 0 Å². The fourth-order valence-corrected chi connectivity index (χ4v) is 1.60. The summed E-state index contributed by atoms with van der Waals surface area (Å²) in [4.78, 5) is 0. The van der Waals surface area contributed by atoms with Crippen molar-refractivity contribution in [3.8, 4) is 0 Å². The zero-order valence-electron chi connectivity index (χ0n) is 10.8. The number of rotatable bonds is 5. The molecular weight excluding hydrogens is 172 g/mol. The van der Waals surface area contributed by atoms with Gasteiger partial charge in [0.2, 0.25) is 0 Å². The zero-order chi connectivity index (χ0) is 11.4. The van der Waals surface area contributed by atoms with Crippen LogP contribution in [0.5, 0.6) is 0 Å². The van der Waals surface area contributed by atoms with Gasteiger partial charge in [-0.2, -0.15) is 0 Å². The quantitative estimate of drug-likeness (QED) is 0.714. The predicted molar refractivity (Wildman–Crippen MR) is 63.3 cm³/mol. The second-order valence-corrected chi connectivity index (χ2v) is 5.84. The maximum absolute atomic E-state index is 9.98. The molecule has 1 heteroatoms. The fourth-order valence-electron chi connectivity index (χ4n) is 1.60. The Labute approximate surface area is 89.9 Å². The summed E-state index contributed by atoms with van der Waals surface area (Å²) in [5, 5.41) is 9.98. The minimum atomic E-state index is -0.121. The van der Waals surface area contributed by atoms with E-state index in [0.717, 1.165) is 12.8 Å². The van der Waals surface area contributed by atoms with E-state index in [1.165, 1.54) is 6.42 Å². The van der Waals surface area contributed by atoms with Crippen molar-refractivity contribution in [2.75, 3.05) is 0 Å². The molecule has 0 aliphatic rings. The molecule has 0 aliphatic heterocycles. The first-order valence-corrected chi connectivity index (χ1v) is 5.97. The van der Waals surface area contributed by atoms with Crippen molar-refractivity contribution in [3.63, 3.8) is 0 Å². The van der Waals surface area contributed by atoms with Crippen molar-refractivity contribution in [2.45, 2.75) is 66.9 Å². The third kappa shape index (κ3) is 4.99. The Hall–Kier alpha value is -0.0400. The van der Waals surface area contributed by atoms with Crippen LogP contribution >= 0.6 is 0 Å². The first kappa shape index (κ1) is 14.0. The van der Waals surface area contributed by atoms with E-state index in [0.29, 0.717) is 17.3 Å². The number of aliphatic hydroxyl groups is 1. The minimum Gasteiger partial charge on any atom is -0.393 e. The Morgan fingerprint density at radius 3 is 2.00 bits per heavy atom. The maximum Gasteiger partial charge on any atom is 0.0568 e. The summed E-state index contributed by atoms with van der Waals surface area (Å²) in [6.07, 6.45) is 3.12. The lowest BCUT2D eigenvalue weighted by Crippen LogP contribution is -2.26. The molecule has 0 fully saturated rings. The van der Waals surface area contributed by atoms with Crippen LogP contribution in [0.3, 0.4) is 0 Å². The average Bonchev–Trinajstić information content (AvgIpc) is 2.02. The molecule has 1 N–H and O–H groups in total. The van der Waals surface area contributed by atoms with Crippen LogP contribution < -0.4 is 0 Å². The second-order valence-electron chi connectivity index (χ2n) is 5.84. The first-order chi connectivity index (χ1) is 6.29. The molecule has 0 aromatic carbocycles. The van der Waals surface area contributed by atoms with Gasteiger partial charge in [0.15, 0.2) is 0 Å². The van der Waals surface area contributed by atoms with Gasteiger partial charge < -0.3 is 5.11 Å². The molecule has 0 saturated carbocycles. The fraction of sp³-hybridized carbons (Fsp3) is 1.00. The normalized spacial score (nSPS) is 19.1. The summed E-state index contributed by atoms with van der Waals surface area (Å²) in [7, 11) is 0. The van der Waals surface area contributed by atoms with Crippen molar-refractivity contribution in [1.82, 2.24) is 0 Å². The summed E-state index contributed by atoms with van der Waals surface area (Å²) < 4.78 is 0. The van der Waals surface area contributed by atoms with Crippen LogP contribution in [0.1, 0.15) is 60.8 Å². The molecule has 0 aromatic rings. The molecule has 0 spiro atoms. The van der Waals surface area contributed by atoms with Crippen LogP contribution in [-0.2, 0) is 0 Å². The SMILES string of the molecule is CCCC(C)C(O)CC(C)C(C)(C)C. The van der Waals surface area contributed by atoms with Crippen LogP contribution in [0.15, 0.2) is 0 Å². The van der Waals surface area contributed by atoms with Crippen LogP contribution in [0.25, 0.3) is 0 Å². The molecule has 0 radical (unpaired) electrons. The Bertz CT molecular complexity index is 146. The monoisotopic (exact) mass is 200 g/mol. The number of aliphatic hydroxyl groups excluding tert-OH is 1. The van der Waals surface area contributed by atoms with Crippen molar-refractivity contribution in [3.05, 3.63) is 0 Å². The summed E-state index contributed by atoms with van der Waals surface area (Å²) in [6.45, 7) is 13.3. The van der Waals surface area contributed by atoms with E-state index in [2.05, 4.69) is 41.5 Å². The van der Waals surface area contributed by atoms with Gasteiger partial charge in [0.05, 0.1) is 6.10 Å². The predicted octanol–water partition coefficient (Wildman–Crippen LogP) is 3.86. The van der Waals surface area contributed by atoms with Gasteiger partial charge in [-0.05, 0) is 30.1 Å². The summed E-state index contributed by atoms with van der Waals surface area (Å²) in [5.74, 6) is 1.03. The highest BCUT2D eigenvalue weighted by Crippen LogP contribution is 2.31. The lowest BCUT2D eigenvalue weighted by molar-refractivity contribution is 0.0646. The lowest BCUT2D eigenvalue weighted by Gasteiger charge is -2.31. The highest BCUT2D eigenvalue weighted by atomic mass is 16.3. The van der Waals surface area contributed by atoms with Gasteiger partial charge in [0, 0.05) is 0 Å². The van der Waals surface area contributed by atoms with Gasteiger partial charge in [0.1, 0.15) is 0 Å². The number of hydrogen-bond donors (Lipinski definition) is 1. The molecule has 3 unspecified atom stereocenters. The standard InChI is InChI=1S/C13H28O/c1-7-8-10(2)12(14)9-11(3)13(4,5)6/h10-12,14H,7-9H2,1-6H3. The lowest BCUT2D eigenvalue weighted by atomic mass is 9.77. The van der Waals surface area contributed by atoms with Crippen LogP contribution in [-0.4, -0.2) is 11.2 Å². The zero-order valence-corrected chi connectivity index (χ0v) is 10.8. The van der Waals surface area contributed by atoms with Crippen molar-refractivity contribution in [2.24, 2.45) is 17.3 Å². The largest absolute Gasteiger partial charge is 0.393 e. The molecule has 0 bridgehead atoms. The van der Waals surface area contributed by atoms with E-state index in [-0.39, 0.29) is 6.10 Å². The van der Waals surface area contributed by atoms with Crippen LogP contribution in [0.4, 0.5) is 0 Å². The molecule has 0 heterocycles. The van der Waals surface area contributed by atoms with E-state index < -0.39 is 0 Å². The molecular formula is C13H28O. The number of hydrogen-bond acceptors (Lipinski definition) is 1. The summed E-state index contributed by atoms with van der Waals surface area (Å²) in [5.41, 5.74) is 0.312. The third-order valence-electron chi connectivity index (χ3n) is 3.47. The van der Waals surface area contributed by atoms with Crippen LogP contribution in [0, 0.1) is 17.3 Å². The molecule has 0 saturated heterocycles. The smallest absolute Gasteiger partial charge is 0.0568 e. The Morgan fingerprint density at radius 2 is 1.64 bits per heavy atom. The van der Waals surface area contributed by atoms with Crippen molar-refractivity contribution in [1.29, 1.82) is 0 Å². The van der Waals surface area contributed by atoms with E-state index in [4.69, 9.17) is 0 Å². The molecule has 0 rings (SSSR count). The van der Waals surface area contributed by atoms with E-state index in [1.54, 1.807) is 0 Å². The Morgan fingerprint density at radius 1 is 1.14 bits per heavy atom. The minimum absolute atomic E-state index is 0.121. The van der Waals surface area contributed by atoms with Gasteiger partial charge in [-0.3, -0.25) is 0 Å².